The van der Waals surface area contributed by atoms with Gasteiger partial charge in [-0.15, -0.1) is 0 Å². The van der Waals surface area contributed by atoms with Crippen LogP contribution in [0.25, 0.3) is 0 Å². The summed E-state index contributed by atoms with van der Waals surface area (Å²) in [5.74, 6) is -0.253. The first-order chi connectivity index (χ1) is 17.1. The highest BCUT2D eigenvalue weighted by molar-refractivity contribution is 7.92. The smallest absolute Gasteiger partial charge is 0.420 e. The summed E-state index contributed by atoms with van der Waals surface area (Å²) in [6, 6.07) is 6.64. The number of sulfonamides is 1. The van der Waals surface area contributed by atoms with E-state index in [1.165, 1.54) is 26.1 Å². The van der Waals surface area contributed by atoms with Crippen molar-refractivity contribution < 1.29 is 31.1 Å². The number of halogens is 4. The van der Waals surface area contributed by atoms with Crippen LogP contribution >= 0.6 is 11.6 Å². The number of aromatic nitrogens is 1. The van der Waals surface area contributed by atoms with Gasteiger partial charge in [-0.05, 0) is 69.9 Å². The molecule has 1 amide bonds. The number of fused-ring (bicyclic) bond motifs is 2. The van der Waals surface area contributed by atoms with Crippen molar-refractivity contribution in [2.45, 2.75) is 69.4 Å². The van der Waals surface area contributed by atoms with Gasteiger partial charge in [0.1, 0.15) is 11.6 Å². The van der Waals surface area contributed by atoms with Crippen LogP contribution in [0.1, 0.15) is 45.1 Å². The number of anilines is 2. The Bertz CT molecular complexity index is 1260. The number of benzene rings is 1. The van der Waals surface area contributed by atoms with Crippen molar-refractivity contribution in [1.82, 2.24) is 10.3 Å². The van der Waals surface area contributed by atoms with Crippen LogP contribution in [-0.4, -0.2) is 49.3 Å². The van der Waals surface area contributed by atoms with Crippen molar-refractivity contribution in [3.8, 4) is 5.75 Å². The van der Waals surface area contributed by atoms with Gasteiger partial charge in [0.15, 0.2) is 5.60 Å². The first kappa shape index (κ1) is 27.3. The molecule has 4 rings (SSSR count). The summed E-state index contributed by atoms with van der Waals surface area (Å²) >= 11 is 5.74. The Labute approximate surface area is 218 Å². The third-order valence-electron chi connectivity index (χ3n) is 6.54. The maximum absolute atomic E-state index is 13.5. The number of nitrogens with zero attached hydrogens (tertiary/aromatic N) is 2. The lowest BCUT2D eigenvalue weighted by Crippen LogP contribution is -2.55. The molecule has 0 radical (unpaired) electrons. The Morgan fingerprint density at radius 3 is 2.32 bits per heavy atom. The number of hydrogen-bond acceptors (Lipinski definition) is 6. The molecule has 2 aromatic rings. The molecule has 1 aromatic carbocycles. The summed E-state index contributed by atoms with van der Waals surface area (Å²) < 4.78 is 71.2. The minimum Gasteiger partial charge on any atom is -0.477 e. The van der Waals surface area contributed by atoms with Gasteiger partial charge in [0.2, 0.25) is 10.0 Å². The van der Waals surface area contributed by atoms with Crippen molar-refractivity contribution >= 4 is 39.0 Å². The molecule has 2 bridgehead atoms. The van der Waals surface area contributed by atoms with Gasteiger partial charge < -0.3 is 15.0 Å². The number of carbonyl (C=O) groups is 1. The van der Waals surface area contributed by atoms with Gasteiger partial charge in [0.25, 0.3) is 5.91 Å². The Hall–Kier alpha value is -2.73. The topological polar surface area (TPSA) is 101 Å². The number of piperidine rings is 1. The standard InChI is InChI=1S/C24H28ClF3N4O4S/c1-23(2,36-20-8-4-14(25)10-19(20)24(26,27)28)22(33)30-16-11-17-6-7-18(12-16)32(17)21-9-5-15(13-29-21)31-37(3,34)35/h4-5,8-10,13,16-18,31H,6-7,11-12H2,1-3H3,(H,30,33). The highest BCUT2D eigenvalue weighted by atomic mass is 35.5. The van der Waals surface area contributed by atoms with Crippen molar-refractivity contribution in [1.29, 1.82) is 0 Å². The summed E-state index contributed by atoms with van der Waals surface area (Å²) in [7, 11) is -3.40. The first-order valence-corrected chi connectivity index (χ1v) is 14.0. The number of nitrogens with one attached hydrogen (secondary N) is 2. The summed E-state index contributed by atoms with van der Waals surface area (Å²) in [6.45, 7) is 2.85. The van der Waals surface area contributed by atoms with E-state index in [2.05, 4.69) is 19.9 Å². The molecule has 2 aliphatic rings. The lowest BCUT2D eigenvalue weighted by Gasteiger charge is -2.41. The minimum atomic E-state index is -4.69. The van der Waals surface area contributed by atoms with Crippen LogP contribution < -0.4 is 19.7 Å². The van der Waals surface area contributed by atoms with Crippen molar-refractivity contribution in [2.75, 3.05) is 15.9 Å². The maximum atomic E-state index is 13.5. The minimum absolute atomic E-state index is 0.0834. The molecule has 2 saturated heterocycles. The molecule has 8 nitrogen and oxygen atoms in total. The van der Waals surface area contributed by atoms with Crippen molar-refractivity contribution in [3.63, 3.8) is 0 Å². The maximum Gasteiger partial charge on any atom is 0.420 e. The summed E-state index contributed by atoms with van der Waals surface area (Å²) in [6.07, 6.45) is 0.929. The average molecular weight is 561 g/mol. The molecule has 2 fully saturated rings. The SMILES string of the molecule is CC(C)(Oc1ccc(Cl)cc1C(F)(F)F)C(=O)NC1CC2CCC(C1)N2c1ccc(NS(C)(=O)=O)cn1. The third-order valence-corrected chi connectivity index (χ3v) is 7.38. The second kappa shape index (κ2) is 9.86. The number of rotatable bonds is 7. The van der Waals surface area contributed by atoms with Gasteiger partial charge in [-0.2, -0.15) is 13.2 Å². The molecule has 2 N–H and O–H groups in total. The van der Waals surface area contributed by atoms with E-state index >= 15 is 0 Å². The Kier molecular flexibility index (Phi) is 7.28. The quantitative estimate of drug-likeness (QED) is 0.513. The molecular formula is C24H28ClF3N4O4S. The second-order valence-electron chi connectivity index (χ2n) is 9.96. The second-order valence-corrected chi connectivity index (χ2v) is 12.1. The monoisotopic (exact) mass is 560 g/mol. The lowest BCUT2D eigenvalue weighted by molar-refractivity contribution is -0.143. The molecule has 1 aromatic heterocycles. The van der Waals surface area contributed by atoms with E-state index in [1.807, 2.05) is 0 Å². The van der Waals surface area contributed by atoms with Gasteiger partial charge in [-0.1, -0.05) is 11.6 Å². The molecule has 2 unspecified atom stereocenters. The molecule has 0 spiro atoms. The van der Waals surface area contributed by atoms with E-state index in [0.717, 1.165) is 37.0 Å². The fourth-order valence-electron chi connectivity index (χ4n) is 4.98. The van der Waals surface area contributed by atoms with Crippen LogP contribution in [-0.2, 0) is 21.0 Å². The Morgan fingerprint density at radius 2 is 1.78 bits per heavy atom. The number of hydrogen-bond donors (Lipinski definition) is 2. The lowest BCUT2D eigenvalue weighted by atomic mass is 9.96. The molecule has 202 valence electrons. The van der Waals surface area contributed by atoms with Crippen molar-refractivity contribution in [2.24, 2.45) is 0 Å². The fourth-order valence-corrected chi connectivity index (χ4v) is 5.70. The zero-order valence-corrected chi connectivity index (χ0v) is 22.0. The van der Waals surface area contributed by atoms with E-state index < -0.39 is 39.0 Å². The molecule has 2 atom stereocenters. The van der Waals surface area contributed by atoms with Gasteiger partial charge in [0.05, 0.1) is 23.7 Å². The Balaban J connectivity index is 1.41. The predicted octanol–water partition coefficient (Wildman–Crippen LogP) is 4.60. The Morgan fingerprint density at radius 1 is 1.14 bits per heavy atom. The summed E-state index contributed by atoms with van der Waals surface area (Å²) in [5, 5.41) is 2.88. The molecule has 37 heavy (non-hydrogen) atoms. The molecular weight excluding hydrogens is 533 g/mol. The number of amides is 1. The van der Waals surface area contributed by atoms with E-state index in [4.69, 9.17) is 16.3 Å². The first-order valence-electron chi connectivity index (χ1n) is 11.7. The van der Waals surface area contributed by atoms with Gasteiger partial charge in [-0.3, -0.25) is 9.52 Å². The zero-order valence-electron chi connectivity index (χ0n) is 20.5. The normalized spacial score (nSPS) is 22.0. The zero-order chi connectivity index (χ0) is 27.2. The molecule has 0 aliphatic carbocycles. The fraction of sp³-hybridized carbons (Fsp3) is 0.500. The van der Waals surface area contributed by atoms with Crippen LogP contribution in [0.3, 0.4) is 0 Å². The van der Waals surface area contributed by atoms with Crippen LogP contribution in [0.5, 0.6) is 5.75 Å². The van der Waals surface area contributed by atoms with Crippen LogP contribution in [0.4, 0.5) is 24.7 Å². The van der Waals surface area contributed by atoms with Gasteiger partial charge in [-0.25, -0.2) is 13.4 Å². The van der Waals surface area contributed by atoms with Crippen LogP contribution in [0.15, 0.2) is 36.5 Å². The molecule has 0 saturated carbocycles. The van der Waals surface area contributed by atoms with Crippen molar-refractivity contribution in [3.05, 3.63) is 47.1 Å². The molecule has 2 aliphatic heterocycles. The molecule has 3 heterocycles. The van der Waals surface area contributed by atoms with Gasteiger partial charge >= 0.3 is 6.18 Å². The summed E-state index contributed by atoms with van der Waals surface area (Å²) in [4.78, 5) is 19.7. The number of alkyl halides is 3. The number of carbonyl (C=O) groups excluding carboxylic acids is 1. The average Bonchev–Trinajstić information content (AvgIpc) is 3.03. The van der Waals surface area contributed by atoms with Gasteiger partial charge in [0, 0.05) is 23.1 Å². The van der Waals surface area contributed by atoms with E-state index in [1.54, 1.807) is 12.1 Å². The number of ether oxygens (including phenoxy) is 1. The predicted molar refractivity (Wildman–Crippen MR) is 134 cm³/mol. The highest BCUT2D eigenvalue weighted by Gasteiger charge is 2.44. The van der Waals surface area contributed by atoms with E-state index in [-0.39, 0.29) is 23.1 Å². The number of pyridine rings is 1. The largest absolute Gasteiger partial charge is 0.477 e. The van der Waals surface area contributed by atoms with Crippen LogP contribution in [0, 0.1) is 0 Å². The van der Waals surface area contributed by atoms with Crippen LogP contribution in [0.2, 0.25) is 5.02 Å². The van der Waals surface area contributed by atoms with E-state index in [0.29, 0.717) is 18.5 Å². The third kappa shape index (κ3) is 6.40. The summed E-state index contributed by atoms with van der Waals surface area (Å²) in [5.41, 5.74) is -2.23. The van der Waals surface area contributed by atoms with E-state index in [9.17, 15) is 26.4 Å². The highest BCUT2D eigenvalue weighted by Crippen LogP contribution is 2.40. The molecule has 13 heteroatoms.